The van der Waals surface area contributed by atoms with Crippen molar-refractivity contribution < 1.29 is 0 Å². The van der Waals surface area contributed by atoms with Gasteiger partial charge in [-0.3, -0.25) is 0 Å². The second-order valence-corrected chi connectivity index (χ2v) is 16.3. The lowest BCUT2D eigenvalue weighted by molar-refractivity contribution is 0.902. The molecule has 0 saturated carbocycles. The van der Waals surface area contributed by atoms with Crippen LogP contribution in [-0.4, -0.2) is 68.7 Å². The summed E-state index contributed by atoms with van der Waals surface area (Å²) in [6.45, 7) is 0. The first-order chi connectivity index (χ1) is 20.1. The van der Waals surface area contributed by atoms with Crippen molar-refractivity contribution in [2.24, 2.45) is 0 Å². The van der Waals surface area contributed by atoms with Gasteiger partial charge in [0.05, 0.1) is 0 Å². The van der Waals surface area contributed by atoms with E-state index in [1.165, 1.54) is 69.1 Å². The van der Waals surface area contributed by atoms with Crippen molar-refractivity contribution in [3.8, 4) is 0 Å². The summed E-state index contributed by atoms with van der Waals surface area (Å²) in [5.74, 6) is 0. The molecule has 0 atom stereocenters. The first-order valence-corrected chi connectivity index (χ1v) is 17.8. The Kier molecular flexibility index (Phi) is 11.3. The summed E-state index contributed by atoms with van der Waals surface area (Å²) in [5.41, 5.74) is 5.01. The quantitative estimate of drug-likeness (QED) is 0.132. The normalized spacial score (nSPS) is 11.2. The van der Waals surface area contributed by atoms with Crippen molar-refractivity contribution >= 4 is 59.8 Å². The van der Waals surface area contributed by atoms with Gasteiger partial charge in [-0.15, -0.1) is 0 Å². The lowest BCUT2D eigenvalue weighted by Crippen LogP contribution is -2.18. The third kappa shape index (κ3) is 8.27. The van der Waals surface area contributed by atoms with E-state index in [1.54, 1.807) is 0 Å². The van der Waals surface area contributed by atoms with Crippen LogP contribution in [0.15, 0.2) is 97.1 Å². The Labute approximate surface area is 257 Å². The summed E-state index contributed by atoms with van der Waals surface area (Å²) in [5, 5.41) is 5.87. The highest BCUT2D eigenvalue weighted by Crippen LogP contribution is 2.39. The molecular weight excluding hydrogens is 550 g/mol. The molecule has 6 heteroatoms. The van der Waals surface area contributed by atoms with Crippen LogP contribution in [0.5, 0.6) is 0 Å². The molecule has 0 radical (unpaired) electrons. The average molecular weight is 599 g/mol. The predicted octanol–water partition coefficient (Wildman–Crippen LogP) is 6.30. The van der Waals surface area contributed by atoms with E-state index in [0.29, 0.717) is 0 Å². The van der Waals surface area contributed by atoms with E-state index in [9.17, 15) is 0 Å². The van der Waals surface area contributed by atoms with Crippen molar-refractivity contribution in [3.63, 3.8) is 0 Å². The number of nitrogens with zero attached hydrogens (tertiary/aromatic N) is 4. The Morgan fingerprint density at radius 1 is 0.333 bits per heavy atom. The summed E-state index contributed by atoms with van der Waals surface area (Å²) in [6, 6.07) is 37.0. The topological polar surface area (TPSA) is 13.0 Å². The Bertz CT molecular complexity index is 1150. The molecule has 4 nitrogen and oxygen atoms in total. The van der Waals surface area contributed by atoms with Crippen molar-refractivity contribution in [2.45, 2.75) is 12.8 Å². The van der Waals surface area contributed by atoms with Gasteiger partial charge in [0.15, 0.2) is 0 Å². The van der Waals surface area contributed by atoms with Gasteiger partial charge in [0.25, 0.3) is 0 Å². The molecule has 42 heavy (non-hydrogen) atoms. The molecule has 0 aromatic heterocycles. The molecule has 4 aromatic carbocycles. The number of anilines is 4. The Morgan fingerprint density at radius 2 is 0.524 bits per heavy atom. The predicted molar refractivity (Wildman–Crippen MR) is 194 cm³/mol. The van der Waals surface area contributed by atoms with Crippen molar-refractivity contribution in [3.05, 3.63) is 97.1 Å². The fourth-order valence-electron chi connectivity index (χ4n) is 5.08. The molecule has 0 aliphatic carbocycles. The highest BCUT2D eigenvalue weighted by Gasteiger charge is 2.17. The molecule has 0 spiro atoms. The van der Waals surface area contributed by atoms with E-state index in [1.807, 2.05) is 0 Å². The molecule has 4 aromatic rings. The number of rotatable bonds is 13. The minimum atomic E-state index is -0.418. The van der Waals surface area contributed by atoms with Crippen LogP contribution in [-0.2, 0) is 0 Å². The third-order valence-electron chi connectivity index (χ3n) is 7.72. The molecule has 0 aliphatic heterocycles. The highest BCUT2D eigenvalue weighted by molar-refractivity contribution is 7.73. The van der Waals surface area contributed by atoms with Gasteiger partial charge in [0.1, 0.15) is 0 Å². The Morgan fingerprint density at radius 3 is 0.690 bits per heavy atom. The van der Waals surface area contributed by atoms with E-state index >= 15 is 0 Å². The lowest BCUT2D eigenvalue weighted by atomic mass is 10.3. The number of benzene rings is 4. The van der Waals surface area contributed by atoms with Crippen molar-refractivity contribution in [2.75, 3.05) is 88.3 Å². The molecule has 222 valence electrons. The second-order valence-electron chi connectivity index (χ2n) is 11.7. The van der Waals surface area contributed by atoms with E-state index in [-0.39, 0.29) is 0 Å². The molecular formula is C36H48N4P2. The maximum atomic E-state index is 2.35. The summed E-state index contributed by atoms with van der Waals surface area (Å²) >= 11 is 0. The van der Waals surface area contributed by atoms with Crippen LogP contribution < -0.4 is 40.8 Å². The number of hydrogen-bond donors (Lipinski definition) is 0. The van der Waals surface area contributed by atoms with Gasteiger partial charge in [-0.2, -0.15) is 0 Å². The molecule has 0 fully saturated rings. The maximum absolute atomic E-state index is 2.35. The third-order valence-corrected chi connectivity index (χ3v) is 12.9. The van der Waals surface area contributed by atoms with Crippen LogP contribution >= 0.6 is 15.8 Å². The SMILES string of the molecule is CN(C)c1ccc(P(CCCCP(c2ccc(N(C)C)cc2)c2ccc(N(C)C)cc2)c2ccc(N(C)C)cc2)cc1. The van der Waals surface area contributed by atoms with E-state index < -0.39 is 15.8 Å². The molecule has 0 heterocycles. The van der Waals surface area contributed by atoms with Crippen LogP contribution in [0.25, 0.3) is 0 Å². The number of unbranched alkanes of at least 4 members (excludes halogenated alkanes) is 1. The van der Waals surface area contributed by atoms with E-state index in [4.69, 9.17) is 0 Å². The van der Waals surface area contributed by atoms with Gasteiger partial charge >= 0.3 is 0 Å². The van der Waals surface area contributed by atoms with Gasteiger partial charge in [0, 0.05) is 79.1 Å². The maximum Gasteiger partial charge on any atom is 0.0361 e. The van der Waals surface area contributed by atoms with Gasteiger partial charge in [-0.1, -0.05) is 48.5 Å². The minimum absolute atomic E-state index is 0.418. The number of hydrogen-bond acceptors (Lipinski definition) is 4. The fraction of sp³-hybridized carbons (Fsp3) is 0.333. The minimum Gasteiger partial charge on any atom is -0.378 e. The fourth-order valence-corrected chi connectivity index (χ4v) is 9.82. The first-order valence-electron chi connectivity index (χ1n) is 14.8. The second kappa shape index (κ2) is 14.9. The monoisotopic (exact) mass is 598 g/mol. The van der Waals surface area contributed by atoms with E-state index in [2.05, 4.69) is 173 Å². The molecule has 4 rings (SSSR count). The smallest absolute Gasteiger partial charge is 0.0361 e. The van der Waals surface area contributed by atoms with Gasteiger partial charge in [-0.25, -0.2) is 0 Å². The van der Waals surface area contributed by atoms with Crippen LogP contribution in [0.1, 0.15) is 12.8 Å². The molecule has 0 N–H and O–H groups in total. The van der Waals surface area contributed by atoms with Crippen molar-refractivity contribution in [1.82, 2.24) is 0 Å². The van der Waals surface area contributed by atoms with Crippen molar-refractivity contribution in [1.29, 1.82) is 0 Å². The lowest BCUT2D eigenvalue weighted by Gasteiger charge is -2.23. The van der Waals surface area contributed by atoms with Crippen LogP contribution in [0.2, 0.25) is 0 Å². The largest absolute Gasteiger partial charge is 0.378 e. The van der Waals surface area contributed by atoms with E-state index in [0.717, 1.165) is 0 Å². The molecule has 0 amide bonds. The average Bonchev–Trinajstić information content (AvgIpc) is 2.99. The summed E-state index contributed by atoms with van der Waals surface area (Å²) < 4.78 is 0. The van der Waals surface area contributed by atoms with Crippen LogP contribution in [0.3, 0.4) is 0 Å². The van der Waals surface area contributed by atoms with Crippen LogP contribution in [0, 0.1) is 0 Å². The molecule has 0 unspecified atom stereocenters. The molecule has 0 aliphatic rings. The Hall–Kier alpha value is -3.06. The standard InChI is InChI=1S/C36H48N4P2/c1-37(2)29-11-19-33(20-12-29)41(34-21-13-30(14-22-34)38(3)4)27-9-10-28-42(35-23-15-31(16-24-35)39(5)6)36-25-17-32(18-26-36)40(7)8/h11-26H,9-10,27-28H2,1-8H3. The van der Waals surface area contributed by atoms with Crippen LogP contribution in [0.4, 0.5) is 22.7 Å². The summed E-state index contributed by atoms with van der Waals surface area (Å²) in [4.78, 5) is 8.71. The van der Waals surface area contributed by atoms with Gasteiger partial charge in [0.2, 0.25) is 0 Å². The Balaban J connectivity index is 1.53. The summed E-state index contributed by atoms with van der Waals surface area (Å²) in [7, 11) is 16.0. The summed E-state index contributed by atoms with van der Waals surface area (Å²) in [6.07, 6.45) is 4.86. The zero-order chi connectivity index (χ0) is 30.2. The van der Waals surface area contributed by atoms with Gasteiger partial charge < -0.3 is 19.6 Å². The first kappa shape index (κ1) is 31.9. The molecule has 0 saturated heterocycles. The van der Waals surface area contributed by atoms with Gasteiger partial charge in [-0.05, 0) is 111 Å². The zero-order valence-corrected chi connectivity index (χ0v) is 28.5. The molecule has 0 bridgehead atoms. The highest BCUT2D eigenvalue weighted by atomic mass is 31.1. The zero-order valence-electron chi connectivity index (χ0n) is 26.7.